The fourth-order valence-electron chi connectivity index (χ4n) is 5.19. The van der Waals surface area contributed by atoms with Crippen LogP contribution in [0.5, 0.6) is 5.75 Å². The van der Waals surface area contributed by atoms with Crippen LogP contribution in [-0.2, 0) is 4.79 Å². The van der Waals surface area contributed by atoms with Crippen LogP contribution in [-0.4, -0.2) is 64.4 Å². The van der Waals surface area contributed by atoms with Gasteiger partial charge in [-0.15, -0.1) is 10.2 Å². The van der Waals surface area contributed by atoms with Crippen molar-refractivity contribution in [2.45, 2.75) is 69.1 Å². The van der Waals surface area contributed by atoms with E-state index in [0.717, 1.165) is 37.1 Å². The maximum absolute atomic E-state index is 12.2. The van der Waals surface area contributed by atoms with Crippen LogP contribution >= 0.6 is 0 Å². The van der Waals surface area contributed by atoms with E-state index >= 15 is 0 Å². The summed E-state index contributed by atoms with van der Waals surface area (Å²) in [5, 5.41) is 23.2. The van der Waals surface area contributed by atoms with Crippen molar-refractivity contribution in [3.05, 3.63) is 42.0 Å². The van der Waals surface area contributed by atoms with Gasteiger partial charge in [-0.1, -0.05) is 12.5 Å². The first-order valence-corrected chi connectivity index (χ1v) is 12.1. The number of nitrogens with one attached hydrogen (secondary N) is 1. The van der Waals surface area contributed by atoms with E-state index in [-0.39, 0.29) is 11.7 Å². The number of hydrogen-bond acceptors (Lipinski definition) is 6. The van der Waals surface area contributed by atoms with Gasteiger partial charge >= 0.3 is 0 Å². The molecule has 2 aromatic rings. The summed E-state index contributed by atoms with van der Waals surface area (Å²) in [4.78, 5) is 16.2. The second-order valence-corrected chi connectivity index (χ2v) is 9.79. The van der Waals surface area contributed by atoms with Crippen molar-refractivity contribution in [3.63, 3.8) is 0 Å². The Morgan fingerprint density at radius 1 is 1.03 bits per heavy atom. The van der Waals surface area contributed by atoms with Crippen molar-refractivity contribution >= 4 is 17.8 Å². The van der Waals surface area contributed by atoms with Gasteiger partial charge in [-0.2, -0.15) is 0 Å². The molecule has 3 aliphatic rings. The third kappa shape index (κ3) is 4.88. The molecule has 1 unspecified atom stereocenters. The molecule has 1 aromatic heterocycles. The number of benzene rings is 1. The summed E-state index contributed by atoms with van der Waals surface area (Å²) in [6, 6.07) is 11.4. The topological polar surface area (TPSA) is 81.6 Å². The summed E-state index contributed by atoms with van der Waals surface area (Å²) < 4.78 is 0. The Hall–Kier alpha value is -2.93. The number of amides is 1. The van der Waals surface area contributed by atoms with Crippen LogP contribution in [0.1, 0.15) is 50.5 Å². The monoisotopic (exact) mass is 447 g/mol. The van der Waals surface area contributed by atoms with Crippen molar-refractivity contribution < 1.29 is 9.90 Å². The van der Waals surface area contributed by atoms with Gasteiger partial charge in [0.25, 0.3) is 0 Å². The van der Waals surface area contributed by atoms with E-state index in [1.54, 1.807) is 23.1 Å². The Labute approximate surface area is 195 Å². The number of rotatable bonds is 6. The van der Waals surface area contributed by atoms with E-state index in [2.05, 4.69) is 27.5 Å². The summed E-state index contributed by atoms with van der Waals surface area (Å²) in [6.45, 7) is 0. The van der Waals surface area contributed by atoms with Gasteiger partial charge in [-0.25, -0.2) is 0 Å². The summed E-state index contributed by atoms with van der Waals surface area (Å²) in [7, 11) is 3.94. The molecule has 2 bridgehead atoms. The lowest BCUT2D eigenvalue weighted by atomic mass is 9.83. The number of anilines is 1. The third-order valence-corrected chi connectivity index (χ3v) is 7.41. The van der Waals surface area contributed by atoms with E-state index in [1.165, 1.54) is 19.3 Å². The highest BCUT2D eigenvalue weighted by atomic mass is 16.3. The highest BCUT2D eigenvalue weighted by Gasteiger charge is 2.33. The van der Waals surface area contributed by atoms with Gasteiger partial charge in [0.1, 0.15) is 5.75 Å². The number of nitrogens with zero attached hydrogens (tertiary/aromatic N) is 4. The summed E-state index contributed by atoms with van der Waals surface area (Å²) >= 11 is 0. The minimum Gasteiger partial charge on any atom is -0.507 e. The van der Waals surface area contributed by atoms with Gasteiger partial charge in [0.05, 0.1) is 5.69 Å². The fourth-order valence-corrected chi connectivity index (χ4v) is 5.19. The molecule has 1 amide bonds. The molecule has 1 aliphatic carbocycles. The Bertz CT molecular complexity index is 1020. The average Bonchev–Trinajstić information content (AvgIpc) is 3.67. The number of aromatic nitrogens is 2. The zero-order chi connectivity index (χ0) is 22.9. The van der Waals surface area contributed by atoms with Crippen LogP contribution in [0.3, 0.4) is 0 Å². The molecule has 0 spiro atoms. The summed E-state index contributed by atoms with van der Waals surface area (Å²) in [6.07, 6.45) is 11.6. The first kappa shape index (κ1) is 21.9. The first-order valence-electron chi connectivity index (χ1n) is 12.1. The number of carbonyl (C=O) groups excluding carboxylic acids is 1. The Kier molecular flexibility index (Phi) is 6.06. The van der Waals surface area contributed by atoms with Crippen molar-refractivity contribution in [2.24, 2.45) is 0 Å². The smallest absolute Gasteiger partial charge is 0.246 e. The lowest BCUT2D eigenvalue weighted by molar-refractivity contribution is -0.125. The molecule has 33 heavy (non-hydrogen) atoms. The van der Waals surface area contributed by atoms with Crippen LogP contribution in [0, 0.1) is 0 Å². The molecule has 1 saturated carbocycles. The van der Waals surface area contributed by atoms with Gasteiger partial charge in [-0.3, -0.25) is 4.79 Å². The van der Waals surface area contributed by atoms with E-state index in [1.807, 2.05) is 31.3 Å². The highest BCUT2D eigenvalue weighted by Crippen LogP contribution is 2.32. The van der Waals surface area contributed by atoms with E-state index in [9.17, 15) is 9.90 Å². The zero-order valence-electron chi connectivity index (χ0n) is 19.4. The fraction of sp³-hybridized carbons (Fsp3) is 0.500. The first-order chi connectivity index (χ1) is 16.0. The van der Waals surface area contributed by atoms with Gasteiger partial charge in [-0.05, 0) is 74.4 Å². The molecule has 5 rings (SSSR count). The number of carbonyl (C=O) groups is 1. The van der Waals surface area contributed by atoms with E-state index in [4.69, 9.17) is 0 Å². The van der Waals surface area contributed by atoms with Crippen LogP contribution in [0.15, 0.2) is 36.4 Å². The Morgan fingerprint density at radius 3 is 2.42 bits per heavy atom. The maximum Gasteiger partial charge on any atom is 0.246 e. The maximum atomic E-state index is 12.2. The van der Waals surface area contributed by atoms with Gasteiger partial charge in [0.15, 0.2) is 5.82 Å². The molecule has 3 heterocycles. The van der Waals surface area contributed by atoms with Crippen LogP contribution in [0.2, 0.25) is 0 Å². The number of phenolic OH excluding ortho intramolecular Hbond substituents is 1. The van der Waals surface area contributed by atoms with Crippen molar-refractivity contribution in [1.29, 1.82) is 0 Å². The zero-order valence-corrected chi connectivity index (χ0v) is 19.4. The molecular weight excluding hydrogens is 414 g/mol. The standard InChI is InChI=1S/C26H33N5O2/c1-30(21-15-18-4-3-5-19(16-21)27-18)25-12-11-23(28-29-25)22-10-6-17(14-24(22)32)7-13-26(33)31(2)20-8-9-20/h6-7,10-14,18-21,27,32H,3-5,8-9,15-16H2,1-2H3/b13-7+/t18-,19+,21?. The Morgan fingerprint density at radius 2 is 1.79 bits per heavy atom. The van der Waals surface area contributed by atoms with E-state index in [0.29, 0.717) is 35.4 Å². The van der Waals surface area contributed by atoms with Crippen molar-refractivity contribution in [3.8, 4) is 17.0 Å². The van der Waals surface area contributed by atoms with Crippen LogP contribution < -0.4 is 10.2 Å². The lowest BCUT2D eigenvalue weighted by Gasteiger charge is -2.43. The predicted molar refractivity (Wildman–Crippen MR) is 130 cm³/mol. The Balaban J connectivity index is 1.25. The predicted octanol–water partition coefficient (Wildman–Crippen LogP) is 3.59. The molecule has 0 radical (unpaired) electrons. The molecule has 7 heteroatoms. The average molecular weight is 448 g/mol. The number of phenols is 1. The number of fused-ring (bicyclic) bond motifs is 2. The second kappa shape index (κ2) is 9.14. The molecule has 2 saturated heterocycles. The number of likely N-dealkylation sites (N-methyl/N-ethyl adjacent to an activating group) is 1. The lowest BCUT2D eigenvalue weighted by Crippen LogP contribution is -2.54. The third-order valence-electron chi connectivity index (χ3n) is 7.41. The number of hydrogen-bond donors (Lipinski definition) is 2. The second-order valence-electron chi connectivity index (χ2n) is 9.79. The summed E-state index contributed by atoms with van der Waals surface area (Å²) in [5.74, 6) is 0.979. The van der Waals surface area contributed by atoms with Gasteiger partial charge < -0.3 is 20.2 Å². The minimum absolute atomic E-state index is 0.0102. The van der Waals surface area contributed by atoms with Crippen molar-refractivity contribution in [2.75, 3.05) is 19.0 Å². The number of aromatic hydroxyl groups is 1. The molecule has 1 aromatic carbocycles. The van der Waals surface area contributed by atoms with Crippen molar-refractivity contribution in [1.82, 2.24) is 20.4 Å². The van der Waals surface area contributed by atoms with E-state index < -0.39 is 0 Å². The molecule has 2 N–H and O–H groups in total. The quantitative estimate of drug-likeness (QED) is 0.659. The highest BCUT2D eigenvalue weighted by molar-refractivity contribution is 5.92. The SMILES string of the molecule is CN(C(=O)/C=C/c1ccc(-c2ccc(N(C)C3C[C@H]4CCC[C@@H](C3)N4)nn2)c(O)c1)C1CC1. The molecule has 2 aliphatic heterocycles. The van der Waals surface area contributed by atoms with Crippen LogP contribution in [0.25, 0.3) is 17.3 Å². The molecular formula is C26H33N5O2. The largest absolute Gasteiger partial charge is 0.507 e. The molecule has 3 atom stereocenters. The molecule has 3 fully saturated rings. The van der Waals surface area contributed by atoms with Gasteiger partial charge in [0, 0.05) is 49.9 Å². The van der Waals surface area contributed by atoms with Gasteiger partial charge in [0.2, 0.25) is 5.91 Å². The normalized spacial score (nSPS) is 24.6. The molecule has 7 nitrogen and oxygen atoms in total. The minimum atomic E-state index is -0.0102. The van der Waals surface area contributed by atoms with Crippen LogP contribution in [0.4, 0.5) is 5.82 Å². The summed E-state index contributed by atoms with van der Waals surface area (Å²) in [5.41, 5.74) is 2.04. The molecule has 174 valence electrons. The number of piperidine rings is 2.